The number of aromatic nitrogens is 1. The highest BCUT2D eigenvalue weighted by Crippen LogP contribution is 2.32. The van der Waals surface area contributed by atoms with Gasteiger partial charge in [-0.3, -0.25) is 9.88 Å². The van der Waals surface area contributed by atoms with Gasteiger partial charge in [-0.2, -0.15) is 0 Å². The fraction of sp³-hybridized carbons (Fsp3) is 0.400. The van der Waals surface area contributed by atoms with Gasteiger partial charge in [0.2, 0.25) is 0 Å². The molecule has 2 aromatic rings. The van der Waals surface area contributed by atoms with Gasteiger partial charge in [-0.1, -0.05) is 12.5 Å². The Kier molecular flexibility index (Phi) is 3.88. The van der Waals surface area contributed by atoms with Crippen LogP contribution in [0, 0.1) is 3.57 Å². The monoisotopic (exact) mass is 368 g/mol. The number of halogens is 1. The van der Waals surface area contributed by atoms with Gasteiger partial charge in [-0.25, -0.2) is 0 Å². The summed E-state index contributed by atoms with van der Waals surface area (Å²) in [6.45, 7) is 3.10. The Balaban J connectivity index is 1.97. The zero-order valence-corrected chi connectivity index (χ0v) is 12.9. The van der Waals surface area contributed by atoms with Gasteiger partial charge in [-0.15, -0.1) is 0 Å². The number of fused-ring (bicyclic) bond motifs is 1. The first-order valence-corrected chi connectivity index (χ1v) is 7.81. The number of hydrogen-bond acceptors (Lipinski definition) is 3. The summed E-state index contributed by atoms with van der Waals surface area (Å²) in [7, 11) is 0. The van der Waals surface area contributed by atoms with Gasteiger partial charge in [-0.05, 0) is 60.7 Å². The lowest BCUT2D eigenvalue weighted by molar-refractivity contribution is 0.218. The molecule has 0 saturated carbocycles. The minimum atomic E-state index is 0.349. The van der Waals surface area contributed by atoms with E-state index in [-0.39, 0.29) is 0 Å². The average molecular weight is 368 g/mol. The van der Waals surface area contributed by atoms with Crippen molar-refractivity contribution >= 4 is 33.5 Å². The molecule has 4 heteroatoms. The quantitative estimate of drug-likeness (QED) is 0.824. The van der Waals surface area contributed by atoms with Gasteiger partial charge in [0, 0.05) is 27.3 Å². The largest absolute Gasteiger partial charge is 0.505 e. The SMILES string of the molecule is Oc1c(CN2CCCCC2)cc(I)c2cccnc12. The van der Waals surface area contributed by atoms with Crippen LogP contribution < -0.4 is 0 Å². The van der Waals surface area contributed by atoms with Crippen molar-refractivity contribution in [3.63, 3.8) is 0 Å². The van der Waals surface area contributed by atoms with Crippen molar-refractivity contribution in [2.24, 2.45) is 0 Å². The molecule has 0 atom stereocenters. The summed E-state index contributed by atoms with van der Waals surface area (Å²) in [5.74, 6) is 0.349. The zero-order chi connectivity index (χ0) is 13.2. The maximum Gasteiger partial charge on any atom is 0.146 e. The number of phenolic OH excluding ortho intramolecular Hbond substituents is 1. The predicted molar refractivity (Wildman–Crippen MR) is 85.3 cm³/mol. The van der Waals surface area contributed by atoms with Gasteiger partial charge in [0.25, 0.3) is 0 Å². The Morgan fingerprint density at radius 1 is 1.26 bits per heavy atom. The normalized spacial score (nSPS) is 16.9. The highest BCUT2D eigenvalue weighted by atomic mass is 127. The first-order valence-electron chi connectivity index (χ1n) is 6.73. The van der Waals surface area contributed by atoms with E-state index in [9.17, 15) is 5.11 Å². The highest BCUT2D eigenvalue weighted by Gasteiger charge is 2.15. The van der Waals surface area contributed by atoms with E-state index in [0.29, 0.717) is 5.75 Å². The number of piperidine rings is 1. The van der Waals surface area contributed by atoms with E-state index in [4.69, 9.17) is 0 Å². The van der Waals surface area contributed by atoms with Crippen LogP contribution in [0.15, 0.2) is 24.4 Å². The number of nitrogens with zero attached hydrogens (tertiary/aromatic N) is 2. The molecular formula is C15H17IN2O. The molecule has 19 heavy (non-hydrogen) atoms. The minimum Gasteiger partial charge on any atom is -0.505 e. The van der Waals surface area contributed by atoms with Crippen molar-refractivity contribution in [2.45, 2.75) is 25.8 Å². The molecular weight excluding hydrogens is 351 g/mol. The van der Waals surface area contributed by atoms with E-state index in [2.05, 4.69) is 38.5 Å². The number of pyridine rings is 1. The second-order valence-corrected chi connectivity index (χ2v) is 6.26. The minimum absolute atomic E-state index is 0.349. The molecule has 1 aromatic carbocycles. The van der Waals surface area contributed by atoms with E-state index in [1.807, 2.05) is 12.1 Å². The molecule has 1 aliphatic rings. The maximum atomic E-state index is 10.4. The standard InChI is InChI=1S/C15H17IN2O/c16-13-9-11(10-18-7-2-1-3-8-18)15(19)14-12(13)5-4-6-17-14/h4-6,9,19H,1-3,7-8,10H2. The maximum absolute atomic E-state index is 10.4. The van der Waals surface area contributed by atoms with Crippen molar-refractivity contribution in [2.75, 3.05) is 13.1 Å². The predicted octanol–water partition coefficient (Wildman–Crippen LogP) is 3.53. The van der Waals surface area contributed by atoms with Crippen LogP contribution in [0.5, 0.6) is 5.75 Å². The Morgan fingerprint density at radius 3 is 2.84 bits per heavy atom. The molecule has 1 saturated heterocycles. The van der Waals surface area contributed by atoms with E-state index in [0.717, 1.165) is 39.7 Å². The van der Waals surface area contributed by atoms with Gasteiger partial charge < -0.3 is 5.11 Å². The molecule has 0 aliphatic carbocycles. The van der Waals surface area contributed by atoms with E-state index < -0.39 is 0 Å². The molecule has 0 radical (unpaired) electrons. The summed E-state index contributed by atoms with van der Waals surface area (Å²) < 4.78 is 1.16. The molecule has 0 bridgehead atoms. The van der Waals surface area contributed by atoms with E-state index in [1.165, 1.54) is 19.3 Å². The van der Waals surface area contributed by atoms with Gasteiger partial charge in [0.05, 0.1) is 0 Å². The molecule has 100 valence electrons. The summed E-state index contributed by atoms with van der Waals surface area (Å²) in [6, 6.07) is 6.01. The van der Waals surface area contributed by atoms with E-state index >= 15 is 0 Å². The van der Waals surface area contributed by atoms with Crippen LogP contribution >= 0.6 is 22.6 Å². The third kappa shape index (κ3) is 2.69. The number of benzene rings is 1. The first-order chi connectivity index (χ1) is 9.25. The van der Waals surface area contributed by atoms with E-state index in [1.54, 1.807) is 6.20 Å². The molecule has 0 amide bonds. The Labute approximate surface area is 126 Å². The average Bonchev–Trinajstić information content (AvgIpc) is 2.46. The molecule has 1 aliphatic heterocycles. The highest BCUT2D eigenvalue weighted by molar-refractivity contribution is 14.1. The van der Waals surface area contributed by atoms with Crippen LogP contribution in [0.4, 0.5) is 0 Å². The van der Waals surface area contributed by atoms with Crippen LogP contribution in [-0.2, 0) is 6.54 Å². The lowest BCUT2D eigenvalue weighted by atomic mass is 10.1. The summed E-state index contributed by atoms with van der Waals surface area (Å²) in [4.78, 5) is 6.74. The number of rotatable bonds is 2. The molecule has 1 N–H and O–H groups in total. The summed E-state index contributed by atoms with van der Waals surface area (Å²) in [5.41, 5.74) is 1.72. The van der Waals surface area contributed by atoms with Crippen LogP contribution in [0.25, 0.3) is 10.9 Å². The first kappa shape index (κ1) is 13.1. The Bertz CT molecular complexity index is 594. The molecule has 2 heterocycles. The Morgan fingerprint density at radius 2 is 2.05 bits per heavy atom. The van der Waals surface area contributed by atoms with Crippen molar-refractivity contribution in [1.29, 1.82) is 0 Å². The number of phenols is 1. The molecule has 0 unspecified atom stereocenters. The van der Waals surface area contributed by atoms with Crippen LogP contribution in [0.3, 0.4) is 0 Å². The lowest BCUT2D eigenvalue weighted by Crippen LogP contribution is -2.29. The number of aromatic hydroxyl groups is 1. The topological polar surface area (TPSA) is 36.4 Å². The third-order valence-corrected chi connectivity index (χ3v) is 4.63. The summed E-state index contributed by atoms with van der Waals surface area (Å²) in [5, 5.41) is 11.4. The molecule has 0 spiro atoms. The fourth-order valence-electron chi connectivity index (χ4n) is 2.72. The lowest BCUT2D eigenvalue weighted by Gasteiger charge is -2.26. The molecule has 3 rings (SSSR count). The third-order valence-electron chi connectivity index (χ3n) is 3.74. The van der Waals surface area contributed by atoms with Crippen molar-refractivity contribution in [1.82, 2.24) is 9.88 Å². The molecule has 3 nitrogen and oxygen atoms in total. The second kappa shape index (κ2) is 5.63. The van der Waals surface area contributed by atoms with Crippen molar-refractivity contribution < 1.29 is 5.11 Å². The zero-order valence-electron chi connectivity index (χ0n) is 10.8. The van der Waals surface area contributed by atoms with Gasteiger partial charge >= 0.3 is 0 Å². The summed E-state index contributed by atoms with van der Waals surface area (Å²) in [6.07, 6.45) is 5.61. The van der Waals surface area contributed by atoms with Gasteiger partial charge in [0.15, 0.2) is 0 Å². The van der Waals surface area contributed by atoms with Crippen molar-refractivity contribution in [3.8, 4) is 5.75 Å². The van der Waals surface area contributed by atoms with Crippen LogP contribution in [-0.4, -0.2) is 28.1 Å². The van der Waals surface area contributed by atoms with Crippen LogP contribution in [0.2, 0.25) is 0 Å². The second-order valence-electron chi connectivity index (χ2n) is 5.10. The number of hydrogen-bond donors (Lipinski definition) is 1. The molecule has 1 fully saturated rings. The van der Waals surface area contributed by atoms with Gasteiger partial charge in [0.1, 0.15) is 11.3 Å². The van der Waals surface area contributed by atoms with Crippen molar-refractivity contribution in [3.05, 3.63) is 33.5 Å². The molecule has 1 aromatic heterocycles. The number of likely N-dealkylation sites (tertiary alicyclic amines) is 1. The van der Waals surface area contributed by atoms with Crippen LogP contribution in [0.1, 0.15) is 24.8 Å². The smallest absolute Gasteiger partial charge is 0.146 e. The fourth-order valence-corrected chi connectivity index (χ4v) is 3.53. The Hall–Kier alpha value is -0.880. The summed E-state index contributed by atoms with van der Waals surface area (Å²) >= 11 is 2.32.